The van der Waals surface area contributed by atoms with Gasteiger partial charge in [-0.15, -0.1) is 0 Å². The van der Waals surface area contributed by atoms with Crippen molar-refractivity contribution < 1.29 is 9.90 Å². The number of carboxylic acids is 1. The fraction of sp³-hybridized carbons (Fsp3) is 0.533. The maximum atomic E-state index is 11.1. The quantitative estimate of drug-likeness (QED) is 0.904. The predicted molar refractivity (Wildman–Crippen MR) is 77.1 cm³/mol. The summed E-state index contributed by atoms with van der Waals surface area (Å²) in [4.78, 5) is 13.3. The second kappa shape index (κ2) is 5.25. The molecule has 1 unspecified atom stereocenters. The highest BCUT2D eigenvalue weighted by molar-refractivity contribution is 9.10. The summed E-state index contributed by atoms with van der Waals surface area (Å²) in [5.74, 6) is 0.00469. The smallest absolute Gasteiger partial charge is 0.317 e. The Labute approximate surface area is 121 Å². The lowest BCUT2D eigenvalue weighted by Crippen LogP contribution is -2.34. The van der Waals surface area contributed by atoms with Crippen LogP contribution in [0.5, 0.6) is 0 Å². The number of carboxylic acid groups (broad SMARTS) is 1. The van der Waals surface area contributed by atoms with E-state index in [4.69, 9.17) is 5.11 Å². The van der Waals surface area contributed by atoms with Crippen molar-refractivity contribution in [1.82, 2.24) is 4.90 Å². The van der Waals surface area contributed by atoms with Crippen LogP contribution in [0.3, 0.4) is 0 Å². The molecular weight excluding hydrogens is 306 g/mol. The van der Waals surface area contributed by atoms with Crippen LogP contribution < -0.4 is 0 Å². The van der Waals surface area contributed by atoms with Gasteiger partial charge in [0, 0.05) is 17.1 Å². The van der Waals surface area contributed by atoms with Crippen LogP contribution in [0.1, 0.15) is 36.4 Å². The Morgan fingerprint density at radius 2 is 2.16 bits per heavy atom. The highest BCUT2D eigenvalue weighted by Gasteiger charge is 2.33. The molecule has 3 rings (SSSR count). The van der Waals surface area contributed by atoms with Gasteiger partial charge in [0.1, 0.15) is 0 Å². The molecule has 2 aliphatic carbocycles. The van der Waals surface area contributed by atoms with E-state index < -0.39 is 5.97 Å². The molecule has 1 atom stereocenters. The second-order valence-corrected chi connectivity index (χ2v) is 6.58. The van der Waals surface area contributed by atoms with Gasteiger partial charge in [0.15, 0.2) is 0 Å². The Morgan fingerprint density at radius 3 is 2.84 bits per heavy atom. The van der Waals surface area contributed by atoms with Crippen molar-refractivity contribution in [2.75, 3.05) is 13.1 Å². The number of benzene rings is 1. The van der Waals surface area contributed by atoms with Crippen LogP contribution in [0, 0.1) is 5.92 Å². The highest BCUT2D eigenvalue weighted by atomic mass is 79.9. The summed E-state index contributed by atoms with van der Waals surface area (Å²) < 4.78 is 1.11. The molecule has 0 bridgehead atoms. The normalized spacial score (nSPS) is 21.7. The fourth-order valence-corrected chi connectivity index (χ4v) is 3.46. The molecule has 0 aromatic heterocycles. The van der Waals surface area contributed by atoms with Crippen molar-refractivity contribution in [3.8, 4) is 0 Å². The largest absolute Gasteiger partial charge is 0.480 e. The number of hydrogen-bond acceptors (Lipinski definition) is 2. The lowest BCUT2D eigenvalue weighted by Gasteiger charge is -2.28. The van der Waals surface area contributed by atoms with E-state index in [2.05, 4.69) is 39.0 Å². The van der Waals surface area contributed by atoms with Crippen LogP contribution >= 0.6 is 15.9 Å². The van der Waals surface area contributed by atoms with E-state index in [1.165, 1.54) is 24.0 Å². The molecule has 3 nitrogen and oxygen atoms in total. The lowest BCUT2D eigenvalue weighted by molar-refractivity contribution is -0.139. The molecule has 0 saturated heterocycles. The molecule has 0 heterocycles. The number of aryl methyl sites for hydroxylation is 1. The van der Waals surface area contributed by atoms with Gasteiger partial charge < -0.3 is 5.11 Å². The van der Waals surface area contributed by atoms with Crippen molar-refractivity contribution in [2.45, 2.75) is 31.7 Å². The number of halogens is 1. The third-order valence-electron chi connectivity index (χ3n) is 4.12. The number of nitrogens with zero attached hydrogens (tertiary/aromatic N) is 1. The minimum Gasteiger partial charge on any atom is -0.480 e. The van der Waals surface area contributed by atoms with Crippen molar-refractivity contribution in [3.05, 3.63) is 33.8 Å². The molecule has 1 fully saturated rings. The summed E-state index contributed by atoms with van der Waals surface area (Å²) in [5, 5.41) is 9.12. The zero-order chi connectivity index (χ0) is 13.4. The summed E-state index contributed by atoms with van der Waals surface area (Å²) in [7, 11) is 0. The second-order valence-electron chi connectivity index (χ2n) is 5.66. The number of carbonyl (C=O) groups is 1. The minimum atomic E-state index is -0.716. The predicted octanol–water partition coefficient (Wildman–Crippen LogP) is 3.23. The molecule has 4 heteroatoms. The zero-order valence-corrected chi connectivity index (χ0v) is 12.4. The maximum Gasteiger partial charge on any atom is 0.317 e. The third kappa shape index (κ3) is 3.00. The van der Waals surface area contributed by atoms with Crippen LogP contribution in [-0.2, 0) is 11.2 Å². The molecule has 1 saturated carbocycles. The number of aliphatic carboxylic acids is 1. The minimum absolute atomic E-state index is 0.163. The SMILES string of the molecule is O=C(O)CN(CC1CC1)C1CCc2cc(Br)ccc21. The molecule has 102 valence electrons. The van der Waals surface area contributed by atoms with Crippen molar-refractivity contribution in [2.24, 2.45) is 5.92 Å². The lowest BCUT2D eigenvalue weighted by atomic mass is 10.1. The maximum absolute atomic E-state index is 11.1. The first-order chi connectivity index (χ1) is 9.13. The van der Waals surface area contributed by atoms with Crippen molar-refractivity contribution in [3.63, 3.8) is 0 Å². The van der Waals surface area contributed by atoms with Gasteiger partial charge in [0.2, 0.25) is 0 Å². The summed E-state index contributed by atoms with van der Waals surface area (Å²) in [6.45, 7) is 1.10. The van der Waals surface area contributed by atoms with E-state index in [-0.39, 0.29) is 6.54 Å². The summed E-state index contributed by atoms with van der Waals surface area (Å²) in [6, 6.07) is 6.68. The van der Waals surface area contributed by atoms with Gasteiger partial charge in [0.25, 0.3) is 0 Å². The molecule has 0 radical (unpaired) electrons. The van der Waals surface area contributed by atoms with Gasteiger partial charge in [-0.3, -0.25) is 9.69 Å². The average molecular weight is 324 g/mol. The van der Waals surface area contributed by atoms with Crippen LogP contribution in [0.25, 0.3) is 0 Å². The van der Waals surface area contributed by atoms with Gasteiger partial charge >= 0.3 is 5.97 Å². The van der Waals surface area contributed by atoms with Gasteiger partial charge in [-0.25, -0.2) is 0 Å². The first-order valence-electron chi connectivity index (χ1n) is 6.87. The Morgan fingerprint density at radius 1 is 1.37 bits per heavy atom. The summed E-state index contributed by atoms with van der Waals surface area (Å²) in [6.07, 6.45) is 4.62. The molecule has 1 N–H and O–H groups in total. The summed E-state index contributed by atoms with van der Waals surface area (Å²) in [5.41, 5.74) is 2.69. The van der Waals surface area contributed by atoms with E-state index in [0.717, 1.165) is 29.8 Å². The first-order valence-corrected chi connectivity index (χ1v) is 7.67. The molecule has 0 amide bonds. The van der Waals surface area contributed by atoms with Gasteiger partial charge in [-0.05, 0) is 54.9 Å². The molecule has 0 aliphatic heterocycles. The monoisotopic (exact) mass is 323 g/mol. The van der Waals surface area contributed by atoms with Crippen LogP contribution in [-0.4, -0.2) is 29.1 Å². The van der Waals surface area contributed by atoms with Gasteiger partial charge in [-0.2, -0.15) is 0 Å². The number of hydrogen-bond donors (Lipinski definition) is 1. The number of rotatable bonds is 5. The van der Waals surface area contributed by atoms with Gasteiger partial charge in [-0.1, -0.05) is 22.0 Å². The van der Waals surface area contributed by atoms with Crippen molar-refractivity contribution in [1.29, 1.82) is 0 Å². The molecule has 1 aromatic carbocycles. The number of fused-ring (bicyclic) bond motifs is 1. The van der Waals surface area contributed by atoms with Crippen LogP contribution in [0.4, 0.5) is 0 Å². The summed E-state index contributed by atoms with van der Waals surface area (Å²) >= 11 is 3.50. The van der Waals surface area contributed by atoms with Crippen LogP contribution in [0.15, 0.2) is 22.7 Å². The molecule has 1 aromatic rings. The first kappa shape index (κ1) is 13.1. The standard InChI is InChI=1S/C15H18BrNO2/c16-12-4-5-13-11(7-12)3-6-14(13)17(9-15(18)19)8-10-1-2-10/h4-5,7,10,14H,1-3,6,8-9H2,(H,18,19). The van der Waals surface area contributed by atoms with Crippen LogP contribution in [0.2, 0.25) is 0 Å². The zero-order valence-electron chi connectivity index (χ0n) is 10.8. The van der Waals surface area contributed by atoms with E-state index in [9.17, 15) is 4.79 Å². The van der Waals surface area contributed by atoms with E-state index in [1.807, 2.05) is 0 Å². The Kier molecular flexibility index (Phi) is 3.63. The van der Waals surface area contributed by atoms with E-state index >= 15 is 0 Å². The van der Waals surface area contributed by atoms with E-state index in [1.54, 1.807) is 0 Å². The molecule has 19 heavy (non-hydrogen) atoms. The van der Waals surface area contributed by atoms with E-state index in [0.29, 0.717) is 6.04 Å². The Hall–Kier alpha value is -0.870. The van der Waals surface area contributed by atoms with Crippen molar-refractivity contribution >= 4 is 21.9 Å². The Bertz CT molecular complexity index is 499. The Balaban J connectivity index is 1.81. The highest BCUT2D eigenvalue weighted by Crippen LogP contribution is 2.39. The average Bonchev–Trinajstić information content (AvgIpc) is 3.06. The molecule has 2 aliphatic rings. The molecule has 0 spiro atoms. The topological polar surface area (TPSA) is 40.5 Å². The van der Waals surface area contributed by atoms with Gasteiger partial charge in [0.05, 0.1) is 6.54 Å². The third-order valence-corrected chi connectivity index (χ3v) is 4.61. The molecular formula is C15H18BrNO2. The fourth-order valence-electron chi connectivity index (χ4n) is 3.05.